The van der Waals surface area contributed by atoms with Gasteiger partial charge in [0.05, 0.1) is 6.54 Å². The van der Waals surface area contributed by atoms with Crippen molar-refractivity contribution in [3.8, 4) is 34.0 Å². The van der Waals surface area contributed by atoms with Gasteiger partial charge in [0.25, 0.3) is 5.89 Å². The van der Waals surface area contributed by atoms with E-state index in [1.165, 1.54) is 0 Å². The molecular weight excluding hydrogens is 390 g/mol. The minimum atomic E-state index is -0.852. The third-order valence-corrected chi connectivity index (χ3v) is 5.12. The molecule has 1 N–H and O–H groups in total. The summed E-state index contributed by atoms with van der Waals surface area (Å²) < 4.78 is 5.60. The van der Waals surface area contributed by atoms with Gasteiger partial charge in [-0.3, -0.25) is 9.69 Å². The molecule has 1 aromatic heterocycles. The Kier molecular flexibility index (Phi) is 5.91. The summed E-state index contributed by atoms with van der Waals surface area (Å²) in [7, 11) is 1.77. The monoisotopic (exact) mass is 413 g/mol. The van der Waals surface area contributed by atoms with Crippen LogP contribution in [0, 0.1) is 6.92 Å². The molecule has 0 atom stereocenters. The lowest BCUT2D eigenvalue weighted by atomic mass is 9.96. The van der Waals surface area contributed by atoms with Crippen LogP contribution in [0.3, 0.4) is 0 Å². The van der Waals surface area contributed by atoms with Crippen LogP contribution in [0.5, 0.6) is 0 Å². The van der Waals surface area contributed by atoms with Crippen molar-refractivity contribution >= 4 is 5.97 Å². The van der Waals surface area contributed by atoms with Crippen molar-refractivity contribution in [1.29, 1.82) is 0 Å². The molecule has 0 radical (unpaired) electrons. The highest BCUT2D eigenvalue weighted by molar-refractivity contribution is 5.75. The molecule has 0 saturated heterocycles. The normalized spacial score (nSPS) is 11.1. The number of hydrogen-bond acceptors (Lipinski definition) is 5. The Hall–Kier alpha value is -3.77. The number of carbonyl (C=O) groups is 1. The minimum Gasteiger partial charge on any atom is -0.480 e. The number of hydrogen-bond donors (Lipinski definition) is 1. The molecule has 0 fully saturated rings. The molecule has 0 unspecified atom stereocenters. The maximum absolute atomic E-state index is 10.9. The number of benzene rings is 3. The van der Waals surface area contributed by atoms with Crippen molar-refractivity contribution in [2.75, 3.05) is 13.6 Å². The number of nitrogens with zero attached hydrogens (tertiary/aromatic N) is 3. The van der Waals surface area contributed by atoms with Crippen LogP contribution < -0.4 is 0 Å². The highest BCUT2D eigenvalue weighted by Crippen LogP contribution is 2.32. The number of rotatable bonds is 7. The van der Waals surface area contributed by atoms with Gasteiger partial charge in [-0.25, -0.2) is 0 Å². The second-order valence-electron chi connectivity index (χ2n) is 7.53. The predicted octanol–water partition coefficient (Wildman–Crippen LogP) is 4.90. The average molecular weight is 413 g/mol. The van der Waals surface area contributed by atoms with Gasteiger partial charge in [-0.05, 0) is 48.4 Å². The fraction of sp³-hybridized carbons (Fsp3) is 0.160. The van der Waals surface area contributed by atoms with E-state index in [2.05, 4.69) is 35.3 Å². The summed E-state index contributed by atoms with van der Waals surface area (Å²) in [6, 6.07) is 24.0. The molecule has 31 heavy (non-hydrogen) atoms. The molecule has 0 aliphatic rings. The van der Waals surface area contributed by atoms with E-state index >= 15 is 0 Å². The van der Waals surface area contributed by atoms with Gasteiger partial charge in [0.15, 0.2) is 0 Å². The van der Waals surface area contributed by atoms with Gasteiger partial charge in [-0.2, -0.15) is 4.98 Å². The maximum atomic E-state index is 10.9. The summed E-state index contributed by atoms with van der Waals surface area (Å²) in [6.07, 6.45) is 0. The fourth-order valence-electron chi connectivity index (χ4n) is 3.66. The van der Waals surface area contributed by atoms with Crippen molar-refractivity contribution < 1.29 is 14.4 Å². The van der Waals surface area contributed by atoms with E-state index in [-0.39, 0.29) is 6.54 Å². The molecule has 6 nitrogen and oxygen atoms in total. The van der Waals surface area contributed by atoms with Gasteiger partial charge in [-0.1, -0.05) is 65.8 Å². The summed E-state index contributed by atoms with van der Waals surface area (Å²) in [4.78, 5) is 17.3. The highest BCUT2D eigenvalue weighted by atomic mass is 16.5. The molecule has 0 spiro atoms. The second kappa shape index (κ2) is 8.93. The Morgan fingerprint density at radius 3 is 2.45 bits per heavy atom. The number of aliphatic carboxylic acids is 1. The SMILES string of the molecule is Cc1c(-c2ccccc2)cccc1-c1nc(-c2cccc(CN(C)CC(=O)O)c2)no1. The first-order valence-electron chi connectivity index (χ1n) is 10.00. The Morgan fingerprint density at radius 1 is 0.968 bits per heavy atom. The Bertz CT molecular complexity index is 1200. The summed E-state index contributed by atoms with van der Waals surface area (Å²) >= 11 is 0. The first-order chi connectivity index (χ1) is 15.0. The summed E-state index contributed by atoms with van der Waals surface area (Å²) in [6.45, 7) is 2.55. The Morgan fingerprint density at radius 2 is 1.68 bits per heavy atom. The van der Waals surface area contributed by atoms with Gasteiger partial charge < -0.3 is 9.63 Å². The molecule has 0 saturated carbocycles. The van der Waals surface area contributed by atoms with Gasteiger partial charge in [0.1, 0.15) is 0 Å². The third-order valence-electron chi connectivity index (χ3n) is 5.12. The molecule has 0 bridgehead atoms. The zero-order valence-electron chi connectivity index (χ0n) is 17.4. The Balaban J connectivity index is 1.61. The molecule has 4 aromatic rings. The van der Waals surface area contributed by atoms with E-state index < -0.39 is 5.97 Å². The average Bonchev–Trinajstić information content (AvgIpc) is 3.24. The second-order valence-corrected chi connectivity index (χ2v) is 7.53. The van der Waals surface area contributed by atoms with Crippen LogP contribution in [0.2, 0.25) is 0 Å². The number of carboxylic acids is 1. The zero-order chi connectivity index (χ0) is 21.8. The molecule has 156 valence electrons. The van der Waals surface area contributed by atoms with E-state index in [1.807, 2.05) is 54.6 Å². The van der Waals surface area contributed by atoms with Crippen molar-refractivity contribution in [2.45, 2.75) is 13.5 Å². The van der Waals surface area contributed by atoms with Crippen molar-refractivity contribution in [2.24, 2.45) is 0 Å². The van der Waals surface area contributed by atoms with Gasteiger partial charge >= 0.3 is 5.97 Å². The standard InChI is InChI=1S/C25H23N3O3/c1-17-21(19-9-4-3-5-10-19)12-7-13-22(17)25-26-24(27-31-25)20-11-6-8-18(14-20)15-28(2)16-23(29)30/h3-14H,15-16H2,1-2H3,(H,29,30). The van der Waals surface area contributed by atoms with Crippen molar-refractivity contribution in [3.63, 3.8) is 0 Å². The van der Waals surface area contributed by atoms with E-state index in [0.29, 0.717) is 18.3 Å². The molecule has 0 aliphatic heterocycles. The molecule has 1 heterocycles. The van der Waals surface area contributed by atoms with Crippen LogP contribution in [0.25, 0.3) is 34.0 Å². The first-order valence-corrected chi connectivity index (χ1v) is 10.00. The van der Waals surface area contributed by atoms with Gasteiger partial charge in [0.2, 0.25) is 5.82 Å². The van der Waals surface area contributed by atoms with E-state index in [1.54, 1.807) is 11.9 Å². The quantitative estimate of drug-likeness (QED) is 0.464. The number of likely N-dealkylation sites (N-methyl/N-ethyl adjacent to an activating group) is 1. The lowest BCUT2D eigenvalue weighted by molar-refractivity contribution is -0.138. The number of carboxylic acid groups (broad SMARTS) is 1. The summed E-state index contributed by atoms with van der Waals surface area (Å²) in [5, 5.41) is 13.1. The van der Waals surface area contributed by atoms with Crippen molar-refractivity contribution in [1.82, 2.24) is 15.0 Å². The van der Waals surface area contributed by atoms with E-state index in [0.717, 1.165) is 33.4 Å². The lowest BCUT2D eigenvalue weighted by Gasteiger charge is -2.14. The first kappa shape index (κ1) is 20.5. The minimum absolute atomic E-state index is 0.0202. The van der Waals surface area contributed by atoms with Crippen LogP contribution >= 0.6 is 0 Å². The molecule has 6 heteroatoms. The van der Waals surface area contributed by atoms with Crippen LogP contribution in [0.4, 0.5) is 0 Å². The molecule has 0 aliphatic carbocycles. The zero-order valence-corrected chi connectivity index (χ0v) is 17.4. The third kappa shape index (κ3) is 4.70. The summed E-state index contributed by atoms with van der Waals surface area (Å²) in [5.41, 5.74) is 6.05. The Labute approximate surface area is 180 Å². The number of aromatic nitrogens is 2. The van der Waals surface area contributed by atoms with Crippen LogP contribution in [0.15, 0.2) is 77.3 Å². The van der Waals surface area contributed by atoms with Crippen molar-refractivity contribution in [3.05, 3.63) is 83.9 Å². The van der Waals surface area contributed by atoms with Crippen LogP contribution in [-0.4, -0.2) is 39.7 Å². The molecular formula is C25H23N3O3. The topological polar surface area (TPSA) is 79.5 Å². The van der Waals surface area contributed by atoms with Gasteiger partial charge in [0, 0.05) is 17.7 Å². The summed E-state index contributed by atoms with van der Waals surface area (Å²) in [5.74, 6) is 0.121. The van der Waals surface area contributed by atoms with E-state index in [4.69, 9.17) is 9.63 Å². The smallest absolute Gasteiger partial charge is 0.317 e. The molecule has 0 amide bonds. The highest BCUT2D eigenvalue weighted by Gasteiger charge is 2.15. The predicted molar refractivity (Wildman–Crippen MR) is 119 cm³/mol. The van der Waals surface area contributed by atoms with Crippen LogP contribution in [0.1, 0.15) is 11.1 Å². The van der Waals surface area contributed by atoms with Gasteiger partial charge in [-0.15, -0.1) is 0 Å². The lowest BCUT2D eigenvalue weighted by Crippen LogP contribution is -2.25. The molecule has 4 rings (SSSR count). The molecule has 3 aromatic carbocycles. The van der Waals surface area contributed by atoms with Crippen LogP contribution in [-0.2, 0) is 11.3 Å². The largest absolute Gasteiger partial charge is 0.480 e. The fourth-order valence-corrected chi connectivity index (χ4v) is 3.66. The van der Waals surface area contributed by atoms with E-state index in [9.17, 15) is 4.79 Å². The maximum Gasteiger partial charge on any atom is 0.317 e.